The van der Waals surface area contributed by atoms with Crippen molar-refractivity contribution in [1.29, 1.82) is 0 Å². The maximum Gasteiger partial charge on any atom is 0.317 e. The van der Waals surface area contributed by atoms with Crippen molar-refractivity contribution in [3.8, 4) is 0 Å². The normalized spacial score (nSPS) is 16.5. The Kier molecular flexibility index (Phi) is 8.64. The highest BCUT2D eigenvalue weighted by Gasteiger charge is 2.38. The number of hydrogen-bond acceptors (Lipinski definition) is 4. The second-order valence-electron chi connectivity index (χ2n) is 5.49. The fraction of sp³-hybridized carbons (Fsp3) is 0.929. The summed E-state index contributed by atoms with van der Waals surface area (Å²) in [6.45, 7) is 13.7. The predicted octanol–water partition coefficient (Wildman–Crippen LogP) is 3.68. The summed E-state index contributed by atoms with van der Waals surface area (Å²) in [5, 5.41) is 0. The Morgan fingerprint density at radius 3 is 1.95 bits per heavy atom. The van der Waals surface area contributed by atoms with Crippen LogP contribution >= 0.6 is 7.52 Å². The molecule has 0 saturated carbocycles. The van der Waals surface area contributed by atoms with Crippen molar-refractivity contribution in [2.45, 2.75) is 73.1 Å². The van der Waals surface area contributed by atoms with E-state index in [0.29, 0.717) is 6.61 Å². The molecule has 0 fully saturated rings. The van der Waals surface area contributed by atoms with Crippen LogP contribution in [0.1, 0.15) is 54.9 Å². The highest BCUT2D eigenvalue weighted by atomic mass is 31.2. The van der Waals surface area contributed by atoms with Crippen LogP contribution in [-0.2, 0) is 18.6 Å². The van der Waals surface area contributed by atoms with Crippen molar-refractivity contribution >= 4 is 13.5 Å². The molecule has 0 aliphatic carbocycles. The zero-order valence-electron chi connectivity index (χ0n) is 13.9. The quantitative estimate of drug-likeness (QED) is 0.480. The first-order valence-electron chi connectivity index (χ1n) is 7.39. The van der Waals surface area contributed by atoms with Crippen molar-refractivity contribution in [2.24, 2.45) is 0 Å². The van der Waals surface area contributed by atoms with Gasteiger partial charge in [0.05, 0.1) is 12.7 Å². The Morgan fingerprint density at radius 2 is 1.60 bits per heavy atom. The average Bonchev–Trinajstić information content (AvgIpc) is 2.26. The van der Waals surface area contributed by atoms with Crippen LogP contribution in [0.4, 0.5) is 0 Å². The number of carbonyl (C=O) groups excluding carboxylic acids is 1. The van der Waals surface area contributed by atoms with Crippen LogP contribution in [0.2, 0.25) is 0 Å². The van der Waals surface area contributed by atoms with Gasteiger partial charge in [-0.2, -0.15) is 0 Å². The van der Waals surface area contributed by atoms with Crippen molar-refractivity contribution in [1.82, 2.24) is 4.67 Å². The Labute approximate surface area is 123 Å². The molecule has 20 heavy (non-hydrogen) atoms. The van der Waals surface area contributed by atoms with Gasteiger partial charge in [0, 0.05) is 12.1 Å². The van der Waals surface area contributed by atoms with Gasteiger partial charge in [0.15, 0.2) is 0 Å². The third kappa shape index (κ3) is 5.94. The van der Waals surface area contributed by atoms with Crippen LogP contribution in [0.3, 0.4) is 0 Å². The van der Waals surface area contributed by atoms with Gasteiger partial charge in [-0.3, -0.25) is 9.36 Å². The topological polar surface area (TPSA) is 55.8 Å². The molecular formula is C14H30NO4P. The standard InChI is InChI=1S/C14H30NO4P/c1-8-13(7)19-14(16)10-20(17,18-9-2)15(11(3)4)12(5)6/h11-13H,8-10H2,1-7H3. The van der Waals surface area contributed by atoms with E-state index >= 15 is 0 Å². The molecule has 0 bridgehead atoms. The van der Waals surface area contributed by atoms with Gasteiger partial charge in [0.25, 0.3) is 7.52 Å². The van der Waals surface area contributed by atoms with E-state index in [9.17, 15) is 9.36 Å². The number of carbonyl (C=O) groups is 1. The second-order valence-corrected chi connectivity index (χ2v) is 7.80. The first kappa shape index (κ1) is 19.6. The SMILES string of the molecule is CCOP(=O)(CC(=O)OC(C)CC)N(C(C)C)C(C)C. The number of hydrogen-bond donors (Lipinski definition) is 0. The van der Waals surface area contributed by atoms with E-state index in [4.69, 9.17) is 9.26 Å². The van der Waals surface area contributed by atoms with Crippen LogP contribution in [0.15, 0.2) is 0 Å². The van der Waals surface area contributed by atoms with Gasteiger partial charge in [0.2, 0.25) is 0 Å². The van der Waals surface area contributed by atoms with Gasteiger partial charge in [-0.1, -0.05) is 6.92 Å². The minimum atomic E-state index is -3.21. The summed E-state index contributed by atoms with van der Waals surface area (Å²) in [7, 11) is -3.21. The maximum atomic E-state index is 13.1. The third-order valence-corrected chi connectivity index (χ3v) is 5.92. The van der Waals surface area contributed by atoms with Crippen molar-refractivity contribution in [2.75, 3.05) is 12.8 Å². The van der Waals surface area contributed by atoms with Crippen LogP contribution in [-0.4, -0.2) is 41.6 Å². The predicted molar refractivity (Wildman–Crippen MR) is 82.1 cm³/mol. The molecule has 0 N–H and O–H groups in total. The molecule has 0 aromatic rings. The fourth-order valence-corrected chi connectivity index (χ4v) is 4.80. The molecule has 120 valence electrons. The molecule has 6 heteroatoms. The summed E-state index contributed by atoms with van der Waals surface area (Å²) in [5.74, 6) is -0.456. The monoisotopic (exact) mass is 307 g/mol. The summed E-state index contributed by atoms with van der Waals surface area (Å²) in [6, 6.07) is 0.0626. The van der Waals surface area contributed by atoms with Crippen molar-refractivity contribution in [3.05, 3.63) is 0 Å². The van der Waals surface area contributed by atoms with Crippen LogP contribution in [0.5, 0.6) is 0 Å². The summed E-state index contributed by atoms with van der Waals surface area (Å²) in [6.07, 6.45) is 0.383. The molecule has 2 unspecified atom stereocenters. The number of nitrogens with zero attached hydrogens (tertiary/aromatic N) is 1. The molecule has 0 aromatic carbocycles. The van der Waals surface area contributed by atoms with Gasteiger partial charge < -0.3 is 9.26 Å². The zero-order valence-corrected chi connectivity index (χ0v) is 14.8. The molecular weight excluding hydrogens is 277 g/mol. The summed E-state index contributed by atoms with van der Waals surface area (Å²) in [5.41, 5.74) is 0. The summed E-state index contributed by atoms with van der Waals surface area (Å²) in [4.78, 5) is 12.0. The first-order chi connectivity index (χ1) is 9.17. The summed E-state index contributed by atoms with van der Waals surface area (Å²) >= 11 is 0. The van der Waals surface area contributed by atoms with Crippen molar-refractivity contribution in [3.63, 3.8) is 0 Å². The van der Waals surface area contributed by atoms with E-state index < -0.39 is 13.5 Å². The fourth-order valence-electron chi connectivity index (χ4n) is 2.20. The van der Waals surface area contributed by atoms with E-state index in [-0.39, 0.29) is 24.3 Å². The molecule has 0 aromatic heterocycles. The van der Waals surface area contributed by atoms with Crippen LogP contribution in [0.25, 0.3) is 0 Å². The lowest BCUT2D eigenvalue weighted by molar-refractivity contribution is -0.145. The van der Waals surface area contributed by atoms with E-state index in [0.717, 1.165) is 6.42 Å². The van der Waals surface area contributed by atoms with E-state index in [1.54, 1.807) is 11.6 Å². The molecule has 0 aliphatic rings. The highest BCUT2D eigenvalue weighted by Crippen LogP contribution is 2.53. The first-order valence-corrected chi connectivity index (χ1v) is 9.16. The Bertz CT molecular complexity index is 336. The lowest BCUT2D eigenvalue weighted by Gasteiger charge is -2.36. The van der Waals surface area contributed by atoms with Crippen molar-refractivity contribution < 1.29 is 18.6 Å². The number of rotatable bonds is 9. The molecule has 0 heterocycles. The zero-order chi connectivity index (χ0) is 15.9. The minimum Gasteiger partial charge on any atom is -0.462 e. The van der Waals surface area contributed by atoms with Gasteiger partial charge in [0.1, 0.15) is 6.16 Å². The molecule has 0 amide bonds. The molecule has 5 nitrogen and oxygen atoms in total. The van der Waals surface area contributed by atoms with E-state index in [1.807, 2.05) is 41.5 Å². The highest BCUT2D eigenvalue weighted by molar-refractivity contribution is 7.57. The van der Waals surface area contributed by atoms with Crippen LogP contribution in [0, 0.1) is 0 Å². The van der Waals surface area contributed by atoms with E-state index in [1.165, 1.54) is 0 Å². The molecule has 0 radical (unpaired) electrons. The molecule has 0 spiro atoms. The van der Waals surface area contributed by atoms with Gasteiger partial charge >= 0.3 is 5.97 Å². The maximum absolute atomic E-state index is 13.1. The molecule has 0 rings (SSSR count). The Morgan fingerprint density at radius 1 is 1.10 bits per heavy atom. The lowest BCUT2D eigenvalue weighted by Crippen LogP contribution is -2.37. The van der Waals surface area contributed by atoms with E-state index in [2.05, 4.69) is 0 Å². The lowest BCUT2D eigenvalue weighted by atomic mass is 10.3. The number of esters is 1. The molecule has 0 saturated heterocycles. The Hall–Kier alpha value is -0.380. The average molecular weight is 307 g/mol. The van der Waals surface area contributed by atoms with Gasteiger partial charge in [-0.15, -0.1) is 0 Å². The molecule has 2 atom stereocenters. The largest absolute Gasteiger partial charge is 0.462 e. The summed E-state index contributed by atoms with van der Waals surface area (Å²) < 4.78 is 25.6. The van der Waals surface area contributed by atoms with Gasteiger partial charge in [-0.25, -0.2) is 4.67 Å². The minimum absolute atomic E-state index is 0.0313. The van der Waals surface area contributed by atoms with Crippen LogP contribution < -0.4 is 0 Å². The van der Waals surface area contributed by atoms with Gasteiger partial charge in [-0.05, 0) is 48.0 Å². The Balaban J connectivity index is 5.08. The second kappa shape index (κ2) is 8.81. The smallest absolute Gasteiger partial charge is 0.317 e. The number of ether oxygens (including phenoxy) is 1. The third-order valence-electron chi connectivity index (χ3n) is 2.98. The molecule has 0 aliphatic heterocycles.